The Balaban J connectivity index is 1.94. The molecule has 5 nitrogen and oxygen atoms in total. The Morgan fingerprint density at radius 3 is 2.71 bits per heavy atom. The van der Waals surface area contributed by atoms with Crippen molar-refractivity contribution in [3.8, 4) is 0 Å². The Morgan fingerprint density at radius 1 is 1.36 bits per heavy atom. The molecule has 154 valence electrons. The zero-order valence-electron chi connectivity index (χ0n) is 17.5. The van der Waals surface area contributed by atoms with Crippen LogP contribution in [-0.2, 0) is 19.1 Å². The first-order valence-electron chi connectivity index (χ1n) is 10.2. The molecule has 2 fully saturated rings. The molecule has 5 atom stereocenters. The van der Waals surface area contributed by atoms with Crippen molar-refractivity contribution in [2.45, 2.75) is 65.4 Å². The minimum Gasteiger partial charge on any atom is -0.472 e. The van der Waals surface area contributed by atoms with E-state index in [0.29, 0.717) is 6.42 Å². The number of ether oxygens (including phenoxy) is 2. The second kappa shape index (κ2) is 7.76. The van der Waals surface area contributed by atoms with Gasteiger partial charge in [0.1, 0.15) is 6.10 Å². The summed E-state index contributed by atoms with van der Waals surface area (Å²) in [4.78, 5) is 24.4. The van der Waals surface area contributed by atoms with E-state index in [2.05, 4.69) is 20.4 Å². The predicted molar refractivity (Wildman–Crippen MR) is 105 cm³/mol. The lowest BCUT2D eigenvalue weighted by atomic mass is 9.46. The summed E-state index contributed by atoms with van der Waals surface area (Å²) in [6.45, 7) is 10.2. The van der Waals surface area contributed by atoms with E-state index in [1.165, 1.54) is 19.6 Å². The third kappa shape index (κ3) is 3.51. The van der Waals surface area contributed by atoms with Gasteiger partial charge in [-0.3, -0.25) is 9.59 Å². The number of allylic oxidation sites excluding steroid dienone is 1. The Labute approximate surface area is 167 Å². The van der Waals surface area contributed by atoms with E-state index in [0.717, 1.165) is 37.7 Å². The summed E-state index contributed by atoms with van der Waals surface area (Å²) in [7, 11) is 1.48. The molecule has 0 aromatic carbocycles. The second-order valence-corrected chi connectivity index (χ2v) is 8.96. The standard InChI is InChI=1S/C23H32O5/c1-15-7-8-20-22(3,10-6-11-23(20,4)21(25)26-5)18(15)13-19(28-16(2)24)17-9-12-27-14-17/h9,12,14,18-20H,1,6-8,10-11,13H2,2-5H3/t18-,19-,20+,22+,23-/m1/s1. The van der Waals surface area contributed by atoms with Crippen LogP contribution in [0.15, 0.2) is 35.2 Å². The van der Waals surface area contributed by atoms with Crippen LogP contribution in [0.4, 0.5) is 0 Å². The monoisotopic (exact) mass is 388 g/mol. The molecule has 0 aliphatic heterocycles. The molecule has 0 bridgehead atoms. The number of methoxy groups -OCH3 is 1. The van der Waals surface area contributed by atoms with Crippen LogP contribution in [0, 0.1) is 22.7 Å². The molecule has 0 spiro atoms. The molecule has 0 saturated heterocycles. The molecule has 0 amide bonds. The molecule has 0 radical (unpaired) electrons. The molecule has 3 rings (SSSR count). The zero-order chi connectivity index (χ0) is 20.5. The Hall–Kier alpha value is -2.04. The maximum Gasteiger partial charge on any atom is 0.311 e. The van der Waals surface area contributed by atoms with Gasteiger partial charge in [0.05, 0.1) is 25.1 Å². The lowest BCUT2D eigenvalue weighted by molar-refractivity contribution is -0.169. The number of furan rings is 1. The van der Waals surface area contributed by atoms with Crippen molar-refractivity contribution >= 4 is 11.9 Å². The van der Waals surface area contributed by atoms with Gasteiger partial charge < -0.3 is 13.9 Å². The van der Waals surface area contributed by atoms with E-state index in [4.69, 9.17) is 13.9 Å². The average Bonchev–Trinajstić information content (AvgIpc) is 3.17. The molecular weight excluding hydrogens is 356 g/mol. The first-order chi connectivity index (χ1) is 13.2. The lowest BCUT2D eigenvalue weighted by Crippen LogP contribution is -2.53. The molecule has 5 heteroatoms. The number of carbonyl (C=O) groups is 2. The van der Waals surface area contributed by atoms with Crippen molar-refractivity contribution in [1.82, 2.24) is 0 Å². The van der Waals surface area contributed by atoms with Gasteiger partial charge in [-0.1, -0.05) is 25.5 Å². The van der Waals surface area contributed by atoms with E-state index in [-0.39, 0.29) is 35.3 Å². The van der Waals surface area contributed by atoms with Crippen LogP contribution < -0.4 is 0 Å². The number of hydrogen-bond acceptors (Lipinski definition) is 5. The van der Waals surface area contributed by atoms with Gasteiger partial charge in [0, 0.05) is 12.5 Å². The molecule has 1 aromatic heterocycles. The van der Waals surface area contributed by atoms with Gasteiger partial charge in [-0.05, 0) is 62.3 Å². The summed E-state index contributed by atoms with van der Waals surface area (Å²) < 4.78 is 16.1. The Kier molecular flexibility index (Phi) is 5.74. The van der Waals surface area contributed by atoms with Crippen molar-refractivity contribution in [2.24, 2.45) is 22.7 Å². The molecule has 2 aliphatic rings. The summed E-state index contributed by atoms with van der Waals surface area (Å²) in [5.74, 6) is -0.0350. The fourth-order valence-electron chi connectivity index (χ4n) is 5.99. The molecule has 2 saturated carbocycles. The highest BCUT2D eigenvalue weighted by Gasteiger charge is 2.58. The quantitative estimate of drug-likeness (QED) is 0.511. The summed E-state index contributed by atoms with van der Waals surface area (Å²) >= 11 is 0. The fourth-order valence-corrected chi connectivity index (χ4v) is 5.99. The second-order valence-electron chi connectivity index (χ2n) is 8.96. The first-order valence-corrected chi connectivity index (χ1v) is 10.2. The zero-order valence-corrected chi connectivity index (χ0v) is 17.5. The molecular formula is C23H32O5. The number of hydrogen-bond donors (Lipinski definition) is 0. The predicted octanol–water partition coefficient (Wildman–Crippen LogP) is 5.23. The van der Waals surface area contributed by atoms with Crippen molar-refractivity contribution in [3.63, 3.8) is 0 Å². The van der Waals surface area contributed by atoms with Crippen molar-refractivity contribution in [3.05, 3.63) is 36.3 Å². The number of carbonyl (C=O) groups excluding carboxylic acids is 2. The highest BCUT2D eigenvalue weighted by molar-refractivity contribution is 5.77. The number of fused-ring (bicyclic) bond motifs is 1. The lowest BCUT2D eigenvalue weighted by Gasteiger charge is -2.57. The van der Waals surface area contributed by atoms with E-state index in [9.17, 15) is 9.59 Å². The van der Waals surface area contributed by atoms with Crippen molar-refractivity contribution < 1.29 is 23.5 Å². The topological polar surface area (TPSA) is 65.7 Å². The van der Waals surface area contributed by atoms with Crippen LogP contribution in [0.5, 0.6) is 0 Å². The third-order valence-corrected chi connectivity index (χ3v) is 7.34. The van der Waals surface area contributed by atoms with Gasteiger partial charge in [0.2, 0.25) is 0 Å². The molecule has 2 aliphatic carbocycles. The summed E-state index contributed by atoms with van der Waals surface area (Å²) in [6.07, 6.45) is 8.21. The van der Waals surface area contributed by atoms with Crippen molar-refractivity contribution in [2.75, 3.05) is 7.11 Å². The van der Waals surface area contributed by atoms with Crippen LogP contribution in [0.2, 0.25) is 0 Å². The van der Waals surface area contributed by atoms with Gasteiger partial charge in [-0.15, -0.1) is 0 Å². The molecule has 1 heterocycles. The summed E-state index contributed by atoms with van der Waals surface area (Å²) in [6, 6.07) is 1.85. The van der Waals surface area contributed by atoms with Gasteiger partial charge in [0.15, 0.2) is 0 Å². The third-order valence-electron chi connectivity index (χ3n) is 7.34. The van der Waals surface area contributed by atoms with E-state index < -0.39 is 5.41 Å². The van der Waals surface area contributed by atoms with E-state index >= 15 is 0 Å². The van der Waals surface area contributed by atoms with Crippen LogP contribution in [0.1, 0.15) is 71.0 Å². The average molecular weight is 389 g/mol. The van der Waals surface area contributed by atoms with Gasteiger partial charge in [-0.25, -0.2) is 0 Å². The van der Waals surface area contributed by atoms with Crippen LogP contribution >= 0.6 is 0 Å². The Morgan fingerprint density at radius 2 is 2.11 bits per heavy atom. The molecule has 0 unspecified atom stereocenters. The largest absolute Gasteiger partial charge is 0.472 e. The number of esters is 2. The Bertz CT molecular complexity index is 736. The maximum absolute atomic E-state index is 12.7. The highest BCUT2D eigenvalue weighted by atomic mass is 16.5. The van der Waals surface area contributed by atoms with Crippen LogP contribution in [0.25, 0.3) is 0 Å². The molecule has 1 aromatic rings. The van der Waals surface area contributed by atoms with Gasteiger partial charge >= 0.3 is 11.9 Å². The van der Waals surface area contributed by atoms with Crippen LogP contribution in [0.3, 0.4) is 0 Å². The van der Waals surface area contributed by atoms with Gasteiger partial charge in [-0.2, -0.15) is 0 Å². The van der Waals surface area contributed by atoms with Gasteiger partial charge in [0.25, 0.3) is 0 Å². The highest BCUT2D eigenvalue weighted by Crippen LogP contribution is 2.62. The van der Waals surface area contributed by atoms with E-state index in [1.807, 2.05) is 6.07 Å². The van der Waals surface area contributed by atoms with Crippen LogP contribution in [-0.4, -0.2) is 19.0 Å². The molecule has 0 N–H and O–H groups in total. The van der Waals surface area contributed by atoms with Crippen molar-refractivity contribution in [1.29, 1.82) is 0 Å². The molecule has 28 heavy (non-hydrogen) atoms. The first kappa shape index (κ1) is 20.7. The maximum atomic E-state index is 12.7. The summed E-state index contributed by atoms with van der Waals surface area (Å²) in [5, 5.41) is 0. The summed E-state index contributed by atoms with van der Waals surface area (Å²) in [5.41, 5.74) is 1.49. The minimum absolute atomic E-state index is 0.0847. The fraction of sp³-hybridized carbons (Fsp3) is 0.652. The number of rotatable bonds is 5. The normalized spacial score (nSPS) is 33.6. The van der Waals surface area contributed by atoms with E-state index in [1.54, 1.807) is 12.5 Å². The minimum atomic E-state index is -0.479. The smallest absolute Gasteiger partial charge is 0.311 e. The SMILES string of the molecule is C=C1CC[C@H]2[C@@](C)(CCC[C@@]2(C)C(=O)OC)[C@@H]1C[C@@H](OC(C)=O)c1ccoc1.